The normalized spacial score (nSPS) is 25.6. The van der Waals surface area contributed by atoms with Crippen molar-refractivity contribution in [3.63, 3.8) is 0 Å². The van der Waals surface area contributed by atoms with Crippen molar-refractivity contribution in [3.05, 3.63) is 0 Å². The van der Waals surface area contributed by atoms with Gasteiger partial charge in [0.2, 0.25) is 5.91 Å². The second-order valence-corrected chi connectivity index (χ2v) is 5.62. The molecule has 1 aliphatic heterocycles. The van der Waals surface area contributed by atoms with Gasteiger partial charge in [0.1, 0.15) is 0 Å². The van der Waals surface area contributed by atoms with E-state index >= 15 is 0 Å². The second kappa shape index (κ2) is 7.10. The van der Waals surface area contributed by atoms with Crippen molar-refractivity contribution in [2.45, 2.75) is 52.1 Å². The van der Waals surface area contributed by atoms with Crippen LogP contribution in [0.5, 0.6) is 0 Å². The minimum absolute atomic E-state index is 0.145. The Balaban J connectivity index is 2.74. The number of amides is 1. The first-order valence-electron chi connectivity index (χ1n) is 7.25. The van der Waals surface area contributed by atoms with E-state index in [4.69, 9.17) is 5.73 Å². The third-order valence-electron chi connectivity index (χ3n) is 4.20. The number of carbonyl (C=O) groups is 1. The largest absolute Gasteiger partial charge is 0.337 e. The Morgan fingerprint density at radius 1 is 1.39 bits per heavy atom. The predicted molar refractivity (Wildman–Crippen MR) is 75.3 cm³/mol. The van der Waals surface area contributed by atoms with Gasteiger partial charge in [-0.1, -0.05) is 27.2 Å². The quantitative estimate of drug-likeness (QED) is 0.824. The van der Waals surface area contributed by atoms with Gasteiger partial charge in [-0.25, -0.2) is 0 Å². The van der Waals surface area contributed by atoms with Crippen LogP contribution in [-0.2, 0) is 4.79 Å². The number of likely N-dealkylation sites (N-methyl/N-ethyl adjacent to an activating group) is 1. The van der Waals surface area contributed by atoms with Gasteiger partial charge in [-0.2, -0.15) is 0 Å². The van der Waals surface area contributed by atoms with E-state index in [1.165, 1.54) is 0 Å². The molecule has 0 aromatic rings. The maximum Gasteiger partial charge on any atom is 0.240 e. The zero-order valence-electron chi connectivity index (χ0n) is 12.4. The van der Waals surface area contributed by atoms with E-state index in [0.29, 0.717) is 6.04 Å². The third-order valence-corrected chi connectivity index (χ3v) is 4.20. The van der Waals surface area contributed by atoms with Crippen molar-refractivity contribution in [2.75, 3.05) is 26.7 Å². The smallest absolute Gasteiger partial charge is 0.240 e. The molecule has 1 rings (SSSR count). The molecular weight excluding hydrogens is 226 g/mol. The average Bonchev–Trinajstić information content (AvgIpc) is 2.57. The van der Waals surface area contributed by atoms with Crippen LogP contribution in [0.15, 0.2) is 0 Å². The maximum atomic E-state index is 12.5. The van der Waals surface area contributed by atoms with E-state index in [1.807, 2.05) is 4.90 Å². The van der Waals surface area contributed by atoms with Crippen LogP contribution in [-0.4, -0.2) is 54.5 Å². The lowest BCUT2D eigenvalue weighted by atomic mass is 9.98. The molecule has 4 heteroatoms. The number of rotatable bonds is 4. The molecule has 0 spiro atoms. The summed E-state index contributed by atoms with van der Waals surface area (Å²) < 4.78 is 0. The molecular formula is C14H29N3O. The number of carbonyl (C=O) groups excluding carboxylic acids is 1. The summed E-state index contributed by atoms with van der Waals surface area (Å²) in [7, 11) is 2.13. The van der Waals surface area contributed by atoms with E-state index < -0.39 is 0 Å². The molecule has 1 heterocycles. The monoisotopic (exact) mass is 255 g/mol. The molecule has 0 aliphatic carbocycles. The fourth-order valence-electron chi connectivity index (χ4n) is 2.57. The molecule has 1 saturated heterocycles. The fourth-order valence-corrected chi connectivity index (χ4v) is 2.57. The summed E-state index contributed by atoms with van der Waals surface area (Å²) in [6.45, 7) is 9.19. The Hall–Kier alpha value is -0.610. The molecule has 0 radical (unpaired) electrons. The van der Waals surface area contributed by atoms with Crippen LogP contribution in [0.1, 0.15) is 40.0 Å². The summed E-state index contributed by atoms with van der Waals surface area (Å²) in [4.78, 5) is 16.9. The number of nitrogens with zero attached hydrogens (tertiary/aromatic N) is 2. The summed E-state index contributed by atoms with van der Waals surface area (Å²) in [5.41, 5.74) is 6.10. The summed E-state index contributed by atoms with van der Waals surface area (Å²) >= 11 is 0. The summed E-state index contributed by atoms with van der Waals surface area (Å²) in [6.07, 6.45) is 3.01. The summed E-state index contributed by atoms with van der Waals surface area (Å²) in [5, 5.41) is 0. The van der Waals surface area contributed by atoms with Crippen LogP contribution in [0.25, 0.3) is 0 Å². The standard InChI is InChI=1S/C14H29N3O/c1-5-11(3)13(15)14(18)17-9-7-8-16(4)10-12(17)6-2/h11-13H,5-10,15H2,1-4H3/t11-,12?,13-/m0/s1. The Kier molecular flexibility index (Phi) is 6.09. The second-order valence-electron chi connectivity index (χ2n) is 5.62. The lowest BCUT2D eigenvalue weighted by Gasteiger charge is -2.33. The highest BCUT2D eigenvalue weighted by atomic mass is 16.2. The van der Waals surface area contributed by atoms with E-state index in [9.17, 15) is 4.79 Å². The molecule has 18 heavy (non-hydrogen) atoms. The van der Waals surface area contributed by atoms with Crippen LogP contribution < -0.4 is 5.73 Å². The van der Waals surface area contributed by atoms with Crippen molar-refractivity contribution in [1.82, 2.24) is 9.80 Å². The topological polar surface area (TPSA) is 49.6 Å². The zero-order chi connectivity index (χ0) is 13.7. The molecule has 4 nitrogen and oxygen atoms in total. The summed E-state index contributed by atoms with van der Waals surface area (Å²) in [6, 6.07) is -0.0208. The molecule has 1 amide bonds. The van der Waals surface area contributed by atoms with Gasteiger partial charge in [-0.15, -0.1) is 0 Å². The lowest BCUT2D eigenvalue weighted by Crippen LogP contribution is -2.52. The van der Waals surface area contributed by atoms with Crippen molar-refractivity contribution in [2.24, 2.45) is 11.7 Å². The lowest BCUT2D eigenvalue weighted by molar-refractivity contribution is -0.136. The van der Waals surface area contributed by atoms with Gasteiger partial charge >= 0.3 is 0 Å². The Morgan fingerprint density at radius 3 is 2.61 bits per heavy atom. The fraction of sp³-hybridized carbons (Fsp3) is 0.929. The van der Waals surface area contributed by atoms with Gasteiger partial charge in [0.05, 0.1) is 6.04 Å². The van der Waals surface area contributed by atoms with Crippen molar-refractivity contribution in [1.29, 1.82) is 0 Å². The molecule has 0 bridgehead atoms. The number of nitrogens with two attached hydrogens (primary N) is 1. The first-order chi connectivity index (χ1) is 8.51. The van der Waals surface area contributed by atoms with Gasteiger partial charge in [0, 0.05) is 19.1 Å². The van der Waals surface area contributed by atoms with Crippen molar-refractivity contribution < 1.29 is 4.79 Å². The SMILES string of the molecule is CCC1CN(C)CCCN1C(=O)[C@@H](N)[C@@H](C)CC. The van der Waals surface area contributed by atoms with Crippen molar-refractivity contribution >= 4 is 5.91 Å². The van der Waals surface area contributed by atoms with Gasteiger partial charge in [-0.05, 0) is 32.4 Å². The molecule has 1 fully saturated rings. The first kappa shape index (κ1) is 15.4. The van der Waals surface area contributed by atoms with E-state index in [-0.39, 0.29) is 17.9 Å². The Labute approximate surface area is 111 Å². The van der Waals surface area contributed by atoms with Crippen LogP contribution in [0, 0.1) is 5.92 Å². The van der Waals surface area contributed by atoms with Gasteiger partial charge in [0.25, 0.3) is 0 Å². The minimum Gasteiger partial charge on any atom is -0.337 e. The summed E-state index contributed by atoms with van der Waals surface area (Å²) in [5.74, 6) is 0.405. The molecule has 1 unspecified atom stereocenters. The van der Waals surface area contributed by atoms with Gasteiger partial charge in [0.15, 0.2) is 0 Å². The number of hydrogen-bond donors (Lipinski definition) is 1. The Morgan fingerprint density at radius 2 is 2.06 bits per heavy atom. The third kappa shape index (κ3) is 3.69. The molecule has 1 aliphatic rings. The molecule has 3 atom stereocenters. The molecule has 0 aromatic heterocycles. The number of hydrogen-bond acceptors (Lipinski definition) is 3. The highest BCUT2D eigenvalue weighted by Crippen LogP contribution is 2.16. The average molecular weight is 255 g/mol. The van der Waals surface area contributed by atoms with E-state index in [2.05, 4.69) is 32.7 Å². The van der Waals surface area contributed by atoms with E-state index in [1.54, 1.807) is 0 Å². The predicted octanol–water partition coefficient (Wildman–Crippen LogP) is 1.30. The first-order valence-corrected chi connectivity index (χ1v) is 7.25. The highest BCUT2D eigenvalue weighted by molar-refractivity contribution is 5.82. The highest BCUT2D eigenvalue weighted by Gasteiger charge is 2.31. The van der Waals surface area contributed by atoms with Gasteiger partial charge < -0.3 is 15.5 Å². The molecule has 106 valence electrons. The van der Waals surface area contributed by atoms with Crippen LogP contribution in [0.2, 0.25) is 0 Å². The van der Waals surface area contributed by atoms with Crippen LogP contribution in [0.3, 0.4) is 0 Å². The van der Waals surface area contributed by atoms with E-state index in [0.717, 1.165) is 38.9 Å². The van der Waals surface area contributed by atoms with Crippen LogP contribution >= 0.6 is 0 Å². The molecule has 2 N–H and O–H groups in total. The Bertz CT molecular complexity index is 270. The molecule has 0 saturated carbocycles. The molecule has 0 aromatic carbocycles. The van der Waals surface area contributed by atoms with Crippen molar-refractivity contribution in [3.8, 4) is 0 Å². The van der Waals surface area contributed by atoms with Gasteiger partial charge in [-0.3, -0.25) is 4.79 Å². The van der Waals surface area contributed by atoms with Crippen LogP contribution in [0.4, 0.5) is 0 Å². The zero-order valence-corrected chi connectivity index (χ0v) is 12.4. The minimum atomic E-state index is -0.340. The maximum absolute atomic E-state index is 12.5.